The molecule has 0 aromatic heterocycles. The summed E-state index contributed by atoms with van der Waals surface area (Å²) >= 11 is 0. The molecule has 3 unspecified atom stereocenters. The molecule has 0 radical (unpaired) electrons. The van der Waals surface area contributed by atoms with E-state index in [1.54, 1.807) is 0 Å². The van der Waals surface area contributed by atoms with Crippen molar-refractivity contribution in [2.45, 2.75) is 57.8 Å². The van der Waals surface area contributed by atoms with Gasteiger partial charge < -0.3 is 10.0 Å². The largest absolute Gasteiger partial charge is 0.396 e. The lowest BCUT2D eigenvalue weighted by Crippen LogP contribution is -2.42. The van der Waals surface area contributed by atoms with Crippen LogP contribution >= 0.6 is 0 Å². The van der Waals surface area contributed by atoms with Gasteiger partial charge in [-0.1, -0.05) is 25.7 Å². The molecule has 110 valence electrons. The van der Waals surface area contributed by atoms with Crippen LogP contribution in [-0.2, 0) is 0 Å². The minimum Gasteiger partial charge on any atom is -0.396 e. The zero-order valence-corrected chi connectivity index (χ0v) is 12.6. The predicted molar refractivity (Wildman–Crippen MR) is 79.0 cm³/mol. The van der Waals surface area contributed by atoms with Gasteiger partial charge in [0.2, 0.25) is 0 Å². The van der Waals surface area contributed by atoms with Gasteiger partial charge in [0.1, 0.15) is 0 Å². The van der Waals surface area contributed by atoms with Crippen LogP contribution in [-0.4, -0.2) is 36.8 Å². The second-order valence-electron chi connectivity index (χ2n) is 7.85. The highest BCUT2D eigenvalue weighted by molar-refractivity contribution is 4.92. The molecular formula is C17H31NO. The third-order valence-electron chi connectivity index (χ3n) is 6.29. The molecule has 3 aliphatic rings. The molecular weight excluding hydrogens is 234 g/mol. The summed E-state index contributed by atoms with van der Waals surface area (Å²) in [6.45, 7) is 2.80. The van der Waals surface area contributed by atoms with Crippen molar-refractivity contribution in [2.75, 3.05) is 26.7 Å². The molecule has 0 aromatic carbocycles. The zero-order chi connectivity index (χ0) is 13.3. The molecule has 0 aliphatic heterocycles. The van der Waals surface area contributed by atoms with Crippen molar-refractivity contribution in [3.63, 3.8) is 0 Å². The molecule has 3 fully saturated rings. The summed E-state index contributed by atoms with van der Waals surface area (Å²) in [4.78, 5) is 2.55. The summed E-state index contributed by atoms with van der Waals surface area (Å²) in [5, 5.41) is 9.83. The van der Waals surface area contributed by atoms with Gasteiger partial charge >= 0.3 is 0 Å². The Morgan fingerprint density at radius 1 is 1.11 bits per heavy atom. The molecule has 2 nitrogen and oxygen atoms in total. The zero-order valence-electron chi connectivity index (χ0n) is 12.6. The molecule has 0 heterocycles. The third kappa shape index (κ3) is 3.00. The van der Waals surface area contributed by atoms with E-state index in [4.69, 9.17) is 0 Å². The molecule has 0 aromatic rings. The van der Waals surface area contributed by atoms with Crippen molar-refractivity contribution >= 4 is 0 Å². The van der Waals surface area contributed by atoms with Crippen LogP contribution in [0.25, 0.3) is 0 Å². The average Bonchev–Trinajstić information content (AvgIpc) is 3.02. The number of hydrogen-bond donors (Lipinski definition) is 1. The maximum absolute atomic E-state index is 9.83. The molecule has 0 saturated heterocycles. The Balaban J connectivity index is 1.51. The Hall–Kier alpha value is -0.0800. The van der Waals surface area contributed by atoms with Crippen molar-refractivity contribution in [2.24, 2.45) is 23.2 Å². The van der Waals surface area contributed by atoms with Gasteiger partial charge in [-0.25, -0.2) is 0 Å². The van der Waals surface area contributed by atoms with E-state index < -0.39 is 0 Å². The fourth-order valence-corrected chi connectivity index (χ4v) is 5.31. The van der Waals surface area contributed by atoms with Crippen molar-refractivity contribution in [3.05, 3.63) is 0 Å². The van der Waals surface area contributed by atoms with Gasteiger partial charge in [-0.2, -0.15) is 0 Å². The highest BCUT2D eigenvalue weighted by Crippen LogP contribution is 2.48. The Kier molecular flexibility index (Phi) is 4.19. The third-order valence-corrected chi connectivity index (χ3v) is 6.29. The van der Waals surface area contributed by atoms with E-state index in [9.17, 15) is 5.11 Å². The van der Waals surface area contributed by atoms with E-state index in [-0.39, 0.29) is 5.41 Å². The minimum atomic E-state index is 0.227. The Morgan fingerprint density at radius 3 is 2.47 bits per heavy atom. The van der Waals surface area contributed by atoms with Crippen LogP contribution in [0.4, 0.5) is 0 Å². The fourth-order valence-electron chi connectivity index (χ4n) is 5.31. The molecule has 1 N–H and O–H groups in total. The molecule has 3 atom stereocenters. The van der Waals surface area contributed by atoms with E-state index in [1.807, 2.05) is 0 Å². The fraction of sp³-hybridized carbons (Fsp3) is 1.00. The molecule has 2 bridgehead atoms. The molecule has 3 aliphatic carbocycles. The maximum Gasteiger partial charge on any atom is 0.0499 e. The van der Waals surface area contributed by atoms with Crippen molar-refractivity contribution < 1.29 is 5.11 Å². The Labute approximate surface area is 118 Å². The number of hydrogen-bond acceptors (Lipinski definition) is 2. The van der Waals surface area contributed by atoms with Gasteiger partial charge in [-0.15, -0.1) is 0 Å². The number of fused-ring (bicyclic) bond motifs is 2. The number of rotatable bonds is 5. The summed E-state index contributed by atoms with van der Waals surface area (Å²) in [7, 11) is 2.29. The first kappa shape index (κ1) is 13.9. The van der Waals surface area contributed by atoms with Gasteiger partial charge in [0.15, 0.2) is 0 Å². The first-order valence-corrected chi connectivity index (χ1v) is 8.50. The van der Waals surface area contributed by atoms with E-state index in [0.717, 1.165) is 24.3 Å². The summed E-state index contributed by atoms with van der Waals surface area (Å²) in [5.41, 5.74) is 0.227. The normalized spacial score (nSPS) is 37.1. The van der Waals surface area contributed by atoms with Crippen LogP contribution in [0.2, 0.25) is 0 Å². The summed E-state index contributed by atoms with van der Waals surface area (Å²) in [6.07, 6.45) is 12.5. The van der Waals surface area contributed by atoms with Crippen LogP contribution < -0.4 is 0 Å². The van der Waals surface area contributed by atoms with Crippen LogP contribution in [0.1, 0.15) is 57.8 Å². The van der Waals surface area contributed by atoms with E-state index in [2.05, 4.69) is 11.9 Å². The summed E-state index contributed by atoms with van der Waals surface area (Å²) in [5.74, 6) is 3.05. The van der Waals surface area contributed by atoms with E-state index in [1.165, 1.54) is 64.3 Å². The van der Waals surface area contributed by atoms with Gasteiger partial charge in [0.25, 0.3) is 0 Å². The molecule has 0 spiro atoms. The lowest BCUT2D eigenvalue weighted by molar-refractivity contribution is 0.0411. The van der Waals surface area contributed by atoms with E-state index in [0.29, 0.717) is 6.61 Å². The van der Waals surface area contributed by atoms with Crippen LogP contribution in [0, 0.1) is 23.2 Å². The standard InChI is InChI=1S/C17H31NO/c1-18(11-16-10-14-5-6-15(16)9-14)12-17(13-19)7-3-2-4-8-17/h14-16,19H,2-13H2,1H3. The highest BCUT2D eigenvalue weighted by Gasteiger charge is 2.40. The topological polar surface area (TPSA) is 23.5 Å². The average molecular weight is 265 g/mol. The van der Waals surface area contributed by atoms with Gasteiger partial charge in [0, 0.05) is 25.1 Å². The monoisotopic (exact) mass is 265 g/mol. The van der Waals surface area contributed by atoms with Crippen LogP contribution in [0.3, 0.4) is 0 Å². The first-order chi connectivity index (χ1) is 9.21. The predicted octanol–water partition coefficient (Wildman–Crippen LogP) is 3.30. The summed E-state index contributed by atoms with van der Waals surface area (Å²) in [6, 6.07) is 0. The Morgan fingerprint density at radius 2 is 1.89 bits per heavy atom. The SMILES string of the molecule is CN(CC1CC2CCC1C2)CC1(CO)CCCCC1. The maximum atomic E-state index is 9.83. The molecule has 0 amide bonds. The van der Waals surface area contributed by atoms with Crippen LogP contribution in [0.5, 0.6) is 0 Å². The van der Waals surface area contributed by atoms with Gasteiger partial charge in [-0.3, -0.25) is 0 Å². The number of aliphatic hydroxyl groups is 1. The molecule has 2 heteroatoms. The first-order valence-electron chi connectivity index (χ1n) is 8.50. The molecule has 3 saturated carbocycles. The lowest BCUT2D eigenvalue weighted by Gasteiger charge is -2.40. The second-order valence-corrected chi connectivity index (χ2v) is 7.85. The number of nitrogens with zero attached hydrogens (tertiary/aromatic N) is 1. The van der Waals surface area contributed by atoms with Gasteiger partial charge in [-0.05, 0) is 56.9 Å². The molecule has 3 rings (SSSR count). The highest BCUT2D eigenvalue weighted by atomic mass is 16.3. The van der Waals surface area contributed by atoms with Crippen molar-refractivity contribution in [1.82, 2.24) is 4.90 Å². The summed E-state index contributed by atoms with van der Waals surface area (Å²) < 4.78 is 0. The van der Waals surface area contributed by atoms with Crippen molar-refractivity contribution in [3.8, 4) is 0 Å². The quantitative estimate of drug-likeness (QED) is 0.824. The van der Waals surface area contributed by atoms with Gasteiger partial charge in [0.05, 0.1) is 0 Å². The molecule has 19 heavy (non-hydrogen) atoms. The van der Waals surface area contributed by atoms with Crippen molar-refractivity contribution in [1.29, 1.82) is 0 Å². The number of aliphatic hydroxyl groups excluding tert-OH is 1. The van der Waals surface area contributed by atoms with Crippen LogP contribution in [0.15, 0.2) is 0 Å². The Bertz CT molecular complexity index is 298. The smallest absolute Gasteiger partial charge is 0.0499 e. The van der Waals surface area contributed by atoms with E-state index >= 15 is 0 Å². The second kappa shape index (κ2) is 5.73. The lowest BCUT2D eigenvalue weighted by atomic mass is 9.74. The minimum absolute atomic E-state index is 0.227.